The largest absolute Gasteiger partial charge is 0.494 e. The quantitative estimate of drug-likeness (QED) is 0.697. The molecular formula is C17H28N2O2. The Morgan fingerprint density at radius 3 is 2.57 bits per heavy atom. The SMILES string of the molecule is CCCCC(CN)NC(=O)CCc1ccc(OCC)cc1. The van der Waals surface area contributed by atoms with E-state index in [0.29, 0.717) is 19.6 Å². The average Bonchev–Trinajstić information content (AvgIpc) is 2.51. The monoisotopic (exact) mass is 292 g/mol. The summed E-state index contributed by atoms with van der Waals surface area (Å²) in [7, 11) is 0. The summed E-state index contributed by atoms with van der Waals surface area (Å²) < 4.78 is 5.40. The highest BCUT2D eigenvalue weighted by molar-refractivity contribution is 5.76. The Bertz CT molecular complexity index is 404. The van der Waals surface area contributed by atoms with E-state index in [1.54, 1.807) is 0 Å². The lowest BCUT2D eigenvalue weighted by atomic mass is 10.1. The number of ether oxygens (including phenoxy) is 1. The Morgan fingerprint density at radius 2 is 2.00 bits per heavy atom. The van der Waals surface area contributed by atoms with Gasteiger partial charge < -0.3 is 15.8 Å². The van der Waals surface area contributed by atoms with Crippen LogP contribution < -0.4 is 15.8 Å². The fraction of sp³-hybridized carbons (Fsp3) is 0.588. The third kappa shape index (κ3) is 7.14. The van der Waals surface area contributed by atoms with E-state index in [0.717, 1.165) is 37.0 Å². The minimum absolute atomic E-state index is 0.0791. The van der Waals surface area contributed by atoms with Crippen LogP contribution in [0.4, 0.5) is 0 Å². The fourth-order valence-corrected chi connectivity index (χ4v) is 2.18. The maximum Gasteiger partial charge on any atom is 0.220 e. The van der Waals surface area contributed by atoms with E-state index in [1.807, 2.05) is 31.2 Å². The predicted octanol–water partition coefficient (Wildman–Crippen LogP) is 2.65. The van der Waals surface area contributed by atoms with E-state index in [2.05, 4.69) is 12.2 Å². The molecule has 0 aliphatic carbocycles. The highest BCUT2D eigenvalue weighted by Gasteiger charge is 2.10. The van der Waals surface area contributed by atoms with Gasteiger partial charge in [-0.1, -0.05) is 31.9 Å². The van der Waals surface area contributed by atoms with Gasteiger partial charge in [0, 0.05) is 19.0 Å². The lowest BCUT2D eigenvalue weighted by molar-refractivity contribution is -0.121. The topological polar surface area (TPSA) is 64.3 Å². The van der Waals surface area contributed by atoms with Gasteiger partial charge in [0.05, 0.1) is 6.61 Å². The van der Waals surface area contributed by atoms with Crippen molar-refractivity contribution in [1.29, 1.82) is 0 Å². The van der Waals surface area contributed by atoms with Crippen molar-refractivity contribution in [2.45, 2.75) is 52.0 Å². The number of hydrogen-bond acceptors (Lipinski definition) is 3. The van der Waals surface area contributed by atoms with Crippen molar-refractivity contribution in [3.63, 3.8) is 0 Å². The summed E-state index contributed by atoms with van der Waals surface area (Å²) in [6, 6.07) is 8.02. The molecule has 3 N–H and O–H groups in total. The van der Waals surface area contributed by atoms with Gasteiger partial charge in [0.2, 0.25) is 5.91 Å². The number of amides is 1. The van der Waals surface area contributed by atoms with Crippen molar-refractivity contribution in [3.05, 3.63) is 29.8 Å². The van der Waals surface area contributed by atoms with Crippen LogP contribution in [0.1, 0.15) is 45.1 Å². The van der Waals surface area contributed by atoms with E-state index in [4.69, 9.17) is 10.5 Å². The van der Waals surface area contributed by atoms with Gasteiger partial charge in [0.15, 0.2) is 0 Å². The normalized spacial score (nSPS) is 12.0. The number of rotatable bonds is 10. The molecule has 0 spiro atoms. The van der Waals surface area contributed by atoms with Crippen LogP contribution in [0.5, 0.6) is 5.75 Å². The zero-order chi connectivity index (χ0) is 15.5. The third-order valence-corrected chi connectivity index (χ3v) is 3.43. The van der Waals surface area contributed by atoms with Crippen LogP contribution >= 0.6 is 0 Å². The van der Waals surface area contributed by atoms with E-state index in [9.17, 15) is 4.79 Å². The highest BCUT2D eigenvalue weighted by atomic mass is 16.5. The second-order valence-electron chi connectivity index (χ2n) is 5.22. The lowest BCUT2D eigenvalue weighted by Gasteiger charge is -2.16. The fourth-order valence-electron chi connectivity index (χ4n) is 2.18. The molecule has 1 unspecified atom stereocenters. The van der Waals surface area contributed by atoms with Crippen molar-refractivity contribution in [2.24, 2.45) is 5.73 Å². The first-order valence-electron chi connectivity index (χ1n) is 7.90. The molecule has 0 aliphatic rings. The number of nitrogens with one attached hydrogen (secondary N) is 1. The molecule has 0 aliphatic heterocycles. The minimum atomic E-state index is 0.0791. The molecule has 0 heterocycles. The first-order valence-corrected chi connectivity index (χ1v) is 7.90. The van der Waals surface area contributed by atoms with Crippen molar-refractivity contribution >= 4 is 5.91 Å². The van der Waals surface area contributed by atoms with Gasteiger partial charge in [0.1, 0.15) is 5.75 Å². The molecule has 4 nitrogen and oxygen atoms in total. The molecule has 0 saturated carbocycles. The Balaban J connectivity index is 2.34. The van der Waals surface area contributed by atoms with Gasteiger partial charge in [-0.25, -0.2) is 0 Å². The zero-order valence-corrected chi connectivity index (χ0v) is 13.2. The molecule has 0 bridgehead atoms. The zero-order valence-electron chi connectivity index (χ0n) is 13.2. The Hall–Kier alpha value is -1.55. The highest BCUT2D eigenvalue weighted by Crippen LogP contribution is 2.13. The average molecular weight is 292 g/mol. The van der Waals surface area contributed by atoms with E-state index >= 15 is 0 Å². The Kier molecular flexibility index (Phi) is 8.51. The van der Waals surface area contributed by atoms with Gasteiger partial charge in [0.25, 0.3) is 0 Å². The lowest BCUT2D eigenvalue weighted by Crippen LogP contribution is -2.40. The molecule has 21 heavy (non-hydrogen) atoms. The Morgan fingerprint density at radius 1 is 1.29 bits per heavy atom. The third-order valence-electron chi connectivity index (χ3n) is 3.43. The van der Waals surface area contributed by atoms with Gasteiger partial charge in [-0.3, -0.25) is 4.79 Å². The van der Waals surface area contributed by atoms with Gasteiger partial charge in [-0.15, -0.1) is 0 Å². The van der Waals surface area contributed by atoms with Crippen molar-refractivity contribution in [1.82, 2.24) is 5.32 Å². The first kappa shape index (κ1) is 17.5. The maximum atomic E-state index is 11.9. The summed E-state index contributed by atoms with van der Waals surface area (Å²) in [6.07, 6.45) is 4.42. The number of carbonyl (C=O) groups excluding carboxylic acids is 1. The maximum absolute atomic E-state index is 11.9. The number of carbonyl (C=O) groups is 1. The second kappa shape index (κ2) is 10.2. The van der Waals surface area contributed by atoms with Gasteiger partial charge >= 0.3 is 0 Å². The van der Waals surface area contributed by atoms with E-state index in [-0.39, 0.29) is 11.9 Å². The van der Waals surface area contributed by atoms with Crippen molar-refractivity contribution in [3.8, 4) is 5.75 Å². The smallest absolute Gasteiger partial charge is 0.220 e. The first-order chi connectivity index (χ1) is 10.2. The van der Waals surface area contributed by atoms with Crippen LogP contribution in [-0.2, 0) is 11.2 Å². The molecule has 1 aromatic carbocycles. The number of hydrogen-bond donors (Lipinski definition) is 2. The van der Waals surface area contributed by atoms with Crippen LogP contribution in [-0.4, -0.2) is 25.1 Å². The van der Waals surface area contributed by atoms with Crippen LogP contribution in [0.2, 0.25) is 0 Å². The molecule has 1 atom stereocenters. The number of aryl methyl sites for hydroxylation is 1. The molecule has 4 heteroatoms. The van der Waals surface area contributed by atoms with E-state index < -0.39 is 0 Å². The second-order valence-corrected chi connectivity index (χ2v) is 5.22. The molecule has 0 saturated heterocycles. The number of benzene rings is 1. The van der Waals surface area contributed by atoms with Crippen LogP contribution in [0, 0.1) is 0 Å². The molecule has 1 rings (SSSR count). The number of nitrogens with two attached hydrogens (primary N) is 1. The molecule has 1 aromatic rings. The molecule has 0 aromatic heterocycles. The standard InChI is InChI=1S/C17H28N2O2/c1-3-5-6-15(13-18)19-17(20)12-9-14-7-10-16(11-8-14)21-4-2/h7-8,10-11,15H,3-6,9,12-13,18H2,1-2H3,(H,19,20). The summed E-state index contributed by atoms with van der Waals surface area (Å²) >= 11 is 0. The molecule has 118 valence electrons. The number of unbranched alkanes of at least 4 members (excludes halogenated alkanes) is 1. The van der Waals surface area contributed by atoms with E-state index in [1.165, 1.54) is 0 Å². The molecule has 0 radical (unpaired) electrons. The summed E-state index contributed by atoms with van der Waals surface area (Å²) in [5, 5.41) is 3.01. The van der Waals surface area contributed by atoms with Crippen molar-refractivity contribution in [2.75, 3.05) is 13.2 Å². The summed E-state index contributed by atoms with van der Waals surface area (Å²) in [5.74, 6) is 0.948. The predicted molar refractivity (Wildman–Crippen MR) is 86.4 cm³/mol. The van der Waals surface area contributed by atoms with Crippen molar-refractivity contribution < 1.29 is 9.53 Å². The summed E-state index contributed by atoms with van der Waals surface area (Å²) in [5.41, 5.74) is 6.83. The van der Waals surface area contributed by atoms with Crippen LogP contribution in [0.25, 0.3) is 0 Å². The molecular weight excluding hydrogens is 264 g/mol. The molecule has 1 amide bonds. The summed E-state index contributed by atoms with van der Waals surface area (Å²) in [4.78, 5) is 11.9. The minimum Gasteiger partial charge on any atom is -0.494 e. The van der Waals surface area contributed by atoms with Crippen LogP contribution in [0.3, 0.4) is 0 Å². The summed E-state index contributed by atoms with van der Waals surface area (Å²) in [6.45, 7) is 5.28. The Labute approximate surface area is 128 Å². The van der Waals surface area contributed by atoms with Crippen LogP contribution in [0.15, 0.2) is 24.3 Å². The van der Waals surface area contributed by atoms with Gasteiger partial charge in [-0.05, 0) is 37.5 Å². The van der Waals surface area contributed by atoms with Gasteiger partial charge in [-0.2, -0.15) is 0 Å². The molecule has 0 fully saturated rings.